The zero-order valence-corrected chi connectivity index (χ0v) is 37.7. The second kappa shape index (κ2) is 18.6. The minimum Gasteiger partial charge on any atom is -0.872 e. The molecule has 0 bridgehead atoms. The van der Waals surface area contributed by atoms with Crippen LogP contribution in [0.2, 0.25) is 0 Å². The van der Waals surface area contributed by atoms with Gasteiger partial charge in [-0.05, 0) is 67.9 Å². The maximum atomic E-state index is 12.8. The normalized spacial score (nSPS) is 15.0. The molecule has 49 heavy (non-hydrogen) atoms. The van der Waals surface area contributed by atoms with Crippen molar-refractivity contribution in [1.29, 1.82) is 0 Å². The maximum absolute atomic E-state index is 12.8. The molecular weight excluding hydrogens is 712 g/mol. The number of rotatable bonds is 12. The molecule has 0 radical (unpaired) electrons. The van der Waals surface area contributed by atoms with E-state index in [1.54, 1.807) is 12.1 Å². The summed E-state index contributed by atoms with van der Waals surface area (Å²) >= 11 is 0. The number of phenols is 1. The molecule has 11 heteroatoms. The Hall–Kier alpha value is -1.04. The molecule has 2 aromatic rings. The van der Waals surface area contributed by atoms with Gasteiger partial charge in [-0.25, -0.2) is 0 Å². The van der Waals surface area contributed by atoms with Gasteiger partial charge in [-0.1, -0.05) is 134 Å². The Bertz CT molecular complexity index is 1260. The average Bonchev–Trinajstić information content (AvgIpc) is 2.88. The molecule has 2 atom stereocenters. The molecule has 0 amide bonds. The van der Waals surface area contributed by atoms with Gasteiger partial charge < -0.3 is 33.6 Å². The molecule has 276 valence electrons. The molecule has 2 N–H and O–H groups in total. The quantitative estimate of drug-likeness (QED) is 0.123. The van der Waals surface area contributed by atoms with E-state index in [1.165, 1.54) is 0 Å². The molecule has 0 heterocycles. The van der Waals surface area contributed by atoms with Crippen molar-refractivity contribution in [2.24, 2.45) is 0 Å². The van der Waals surface area contributed by atoms with Crippen molar-refractivity contribution in [2.75, 3.05) is 13.2 Å². The molecule has 8 nitrogen and oxygen atoms in total. The van der Waals surface area contributed by atoms with Crippen molar-refractivity contribution in [3.05, 3.63) is 57.6 Å². The first-order valence-electron chi connectivity index (χ1n) is 17.2. The summed E-state index contributed by atoms with van der Waals surface area (Å²) in [5, 5.41) is 23.5. The summed E-state index contributed by atoms with van der Waals surface area (Å²) in [5.74, 6) is 0.282. The van der Waals surface area contributed by atoms with Gasteiger partial charge in [0.1, 0.15) is 13.3 Å². The van der Waals surface area contributed by atoms with E-state index in [1.807, 2.05) is 109 Å². The smallest absolute Gasteiger partial charge is 0.872 e. The van der Waals surface area contributed by atoms with Crippen LogP contribution < -0.4 is 10.00 Å². The second-order valence-corrected chi connectivity index (χ2v) is 20.6. The van der Waals surface area contributed by atoms with Gasteiger partial charge >= 0.3 is 27.1 Å². The standard InChI is InChI=1S/2C19H33O4P.Zn/c2*1-8-9-10-23-24(21,22)13-14-11-15(18(2,3)4)17(20)16(12-14)19(5,6)7;/h2*11-12,20H,8-10,13H2,1-7H3,(H,21,22);/q;;+2/p-2. The molecule has 2 unspecified atom stereocenters. The zero-order chi connectivity index (χ0) is 37.5. The molecule has 0 spiro atoms. The van der Waals surface area contributed by atoms with Gasteiger partial charge in [0.2, 0.25) is 0 Å². The van der Waals surface area contributed by atoms with E-state index < -0.39 is 15.2 Å². The molecule has 0 saturated heterocycles. The third-order valence-corrected chi connectivity index (χ3v) is 10.6. The predicted octanol–water partition coefficient (Wildman–Crippen LogP) is 9.71. The van der Waals surface area contributed by atoms with E-state index >= 15 is 0 Å². The van der Waals surface area contributed by atoms with Crippen LogP contribution in [0.4, 0.5) is 0 Å². The molecule has 0 saturated carbocycles. The Balaban J connectivity index is 0.000000922. The first-order chi connectivity index (χ1) is 21.6. The van der Waals surface area contributed by atoms with E-state index in [2.05, 4.69) is 0 Å². The van der Waals surface area contributed by atoms with E-state index in [-0.39, 0.29) is 71.6 Å². The van der Waals surface area contributed by atoms with Gasteiger partial charge in [0.25, 0.3) is 0 Å². The number of hydrogen-bond acceptors (Lipinski definition) is 7. The van der Waals surface area contributed by atoms with Gasteiger partial charge in [-0.3, -0.25) is 4.57 Å². The summed E-state index contributed by atoms with van der Waals surface area (Å²) in [6.45, 7) is 28.4. The Morgan fingerprint density at radius 3 is 1.31 bits per heavy atom. The molecule has 0 aromatic heterocycles. The summed E-state index contributed by atoms with van der Waals surface area (Å²) in [6, 6.07) is 7.11. The van der Waals surface area contributed by atoms with Crippen LogP contribution in [0.5, 0.6) is 11.5 Å². The van der Waals surface area contributed by atoms with Crippen LogP contribution in [0, 0.1) is 0 Å². The van der Waals surface area contributed by atoms with Gasteiger partial charge in [0.15, 0.2) is 0 Å². The molecular formula is C38H64O8P2Zn. The maximum Gasteiger partial charge on any atom is 2.00 e. The molecule has 0 aliphatic rings. The third kappa shape index (κ3) is 16.0. The minimum absolute atomic E-state index is 0. The summed E-state index contributed by atoms with van der Waals surface area (Å²) in [4.78, 5) is 22.3. The van der Waals surface area contributed by atoms with E-state index in [0.29, 0.717) is 29.7 Å². The van der Waals surface area contributed by atoms with Crippen molar-refractivity contribution in [3.8, 4) is 11.5 Å². The second-order valence-electron chi connectivity index (χ2n) is 17.0. The fraction of sp³-hybridized carbons (Fsp3) is 0.684. The number of benzene rings is 2. The summed E-state index contributed by atoms with van der Waals surface area (Å²) in [5.41, 5.74) is 3.02. The van der Waals surface area contributed by atoms with Crippen molar-refractivity contribution < 1.29 is 57.7 Å². The fourth-order valence-corrected chi connectivity index (χ4v) is 7.35. The summed E-state index contributed by atoms with van der Waals surface area (Å²) < 4.78 is 34.8. The van der Waals surface area contributed by atoms with Gasteiger partial charge in [-0.15, -0.1) is 5.75 Å². The van der Waals surface area contributed by atoms with Gasteiger partial charge in [0, 0.05) is 6.16 Å². The Morgan fingerprint density at radius 1 is 0.633 bits per heavy atom. The Morgan fingerprint density at radius 2 is 0.959 bits per heavy atom. The van der Waals surface area contributed by atoms with Crippen molar-refractivity contribution in [2.45, 2.75) is 157 Å². The predicted molar refractivity (Wildman–Crippen MR) is 195 cm³/mol. The SMILES string of the molecule is CCCCOP(=O)(O)Cc1cc(C(C)(C)C)c(O)c(C(C)(C)C)c1.CCCCOP(=O)([O-])Cc1cc(C(C)(C)C)c([O-])c(C(C)(C)C)c1.[Zn+2]. The first-order valence-corrected chi connectivity index (χ1v) is 20.7. The number of hydrogen-bond donors (Lipinski definition) is 2. The van der Waals surface area contributed by atoms with E-state index in [9.17, 15) is 29.1 Å². The largest absolute Gasteiger partial charge is 2.00 e. The van der Waals surface area contributed by atoms with Crippen LogP contribution in [-0.2, 0) is 71.6 Å². The summed E-state index contributed by atoms with van der Waals surface area (Å²) in [6.07, 6.45) is 3.06. The minimum atomic E-state index is -3.96. The van der Waals surface area contributed by atoms with Gasteiger partial charge in [0.05, 0.1) is 19.4 Å². The molecule has 0 aliphatic carbocycles. The number of phenolic OH excluding ortho intramolecular Hbond substituents is 1. The zero-order valence-electron chi connectivity index (χ0n) is 32.9. The van der Waals surface area contributed by atoms with Crippen molar-refractivity contribution in [3.63, 3.8) is 0 Å². The van der Waals surface area contributed by atoms with Crippen LogP contribution in [0.3, 0.4) is 0 Å². The Labute approximate surface area is 310 Å². The van der Waals surface area contributed by atoms with Crippen LogP contribution in [0.15, 0.2) is 24.3 Å². The monoisotopic (exact) mass is 774 g/mol. The fourth-order valence-electron chi connectivity index (χ4n) is 5.07. The molecule has 2 aromatic carbocycles. The molecule has 0 fully saturated rings. The van der Waals surface area contributed by atoms with Gasteiger partial charge in [-0.2, -0.15) is 0 Å². The number of aromatic hydroxyl groups is 1. The van der Waals surface area contributed by atoms with Crippen LogP contribution >= 0.6 is 15.2 Å². The molecule has 0 aliphatic heterocycles. The average molecular weight is 776 g/mol. The van der Waals surface area contributed by atoms with E-state index in [4.69, 9.17) is 9.05 Å². The first kappa shape index (κ1) is 48.0. The van der Waals surface area contributed by atoms with Crippen molar-refractivity contribution in [1.82, 2.24) is 0 Å². The van der Waals surface area contributed by atoms with Crippen LogP contribution in [-0.4, -0.2) is 23.2 Å². The third-order valence-electron chi connectivity index (χ3n) is 7.89. The van der Waals surface area contributed by atoms with Crippen LogP contribution in [0.25, 0.3) is 0 Å². The summed E-state index contributed by atoms with van der Waals surface area (Å²) in [7, 11) is -7.64. The van der Waals surface area contributed by atoms with Crippen molar-refractivity contribution >= 4 is 15.2 Å². The molecule has 2 rings (SSSR count). The van der Waals surface area contributed by atoms with E-state index in [0.717, 1.165) is 36.0 Å². The number of unbranched alkanes of at least 4 members (excludes halogenated alkanes) is 2. The van der Waals surface area contributed by atoms with Crippen LogP contribution in [0.1, 0.15) is 156 Å². The topological polar surface area (TPSA) is 139 Å². The Kier molecular flexibility index (Phi) is 18.2.